The molecule has 0 aromatic rings. The van der Waals surface area contributed by atoms with Crippen LogP contribution >= 0.6 is 0 Å². The molecule has 0 radical (unpaired) electrons. The molecule has 1 atom stereocenters. The van der Waals surface area contributed by atoms with Gasteiger partial charge < -0.3 is 0 Å². The Labute approximate surface area is 81.2 Å². The van der Waals surface area contributed by atoms with Gasteiger partial charge >= 0.3 is 0 Å². The highest BCUT2D eigenvalue weighted by Gasteiger charge is 2.30. The van der Waals surface area contributed by atoms with E-state index in [1.807, 2.05) is 0 Å². The first kappa shape index (κ1) is 11.0. The average molecular weight is 205 g/mol. The first-order chi connectivity index (χ1) is 5.93. The summed E-state index contributed by atoms with van der Waals surface area (Å²) in [5.74, 6) is 0.426. The second kappa shape index (κ2) is 3.96. The van der Waals surface area contributed by atoms with Crippen LogP contribution in [0, 0.1) is 5.92 Å². The Hall–Kier alpha value is -0.0900. The Morgan fingerprint density at radius 2 is 1.92 bits per heavy atom. The van der Waals surface area contributed by atoms with Crippen LogP contribution in [0.3, 0.4) is 0 Å². The molecule has 0 saturated carbocycles. The van der Waals surface area contributed by atoms with Gasteiger partial charge in [-0.15, -0.1) is 0 Å². The van der Waals surface area contributed by atoms with Crippen molar-refractivity contribution in [3.63, 3.8) is 0 Å². The molecule has 13 heavy (non-hydrogen) atoms. The van der Waals surface area contributed by atoms with Gasteiger partial charge in [0.25, 0.3) is 0 Å². The van der Waals surface area contributed by atoms with Crippen molar-refractivity contribution in [3.05, 3.63) is 0 Å². The Morgan fingerprint density at radius 3 is 2.31 bits per heavy atom. The van der Waals surface area contributed by atoms with Crippen LogP contribution in [0.1, 0.15) is 33.1 Å². The van der Waals surface area contributed by atoms with Gasteiger partial charge in [-0.2, -0.15) is 4.31 Å². The number of hydrogen-bond acceptors (Lipinski definition) is 2. The molecule has 0 bridgehead atoms. The van der Waals surface area contributed by atoms with Gasteiger partial charge in [-0.05, 0) is 18.8 Å². The van der Waals surface area contributed by atoms with E-state index >= 15 is 0 Å². The Kier molecular flexibility index (Phi) is 3.35. The van der Waals surface area contributed by atoms with E-state index in [-0.39, 0.29) is 6.04 Å². The third kappa shape index (κ3) is 2.68. The molecule has 4 heteroatoms. The van der Waals surface area contributed by atoms with Gasteiger partial charge in [0, 0.05) is 12.6 Å². The minimum atomic E-state index is -2.99. The number of hydrogen-bond donors (Lipinski definition) is 0. The molecule has 0 spiro atoms. The van der Waals surface area contributed by atoms with E-state index in [1.165, 1.54) is 6.26 Å². The average Bonchev–Trinajstić information content (AvgIpc) is 2.03. The lowest BCUT2D eigenvalue weighted by atomic mass is 9.95. The van der Waals surface area contributed by atoms with Crippen LogP contribution in [0.2, 0.25) is 0 Å². The number of piperidine rings is 1. The molecular formula is C9H19NO2S. The van der Waals surface area contributed by atoms with Crippen molar-refractivity contribution in [2.75, 3.05) is 12.8 Å². The highest BCUT2D eigenvalue weighted by Crippen LogP contribution is 2.24. The fourth-order valence-electron chi connectivity index (χ4n) is 2.01. The quantitative estimate of drug-likeness (QED) is 0.684. The van der Waals surface area contributed by atoms with Crippen molar-refractivity contribution in [2.45, 2.75) is 39.2 Å². The van der Waals surface area contributed by atoms with Crippen LogP contribution < -0.4 is 0 Å². The van der Waals surface area contributed by atoms with Crippen molar-refractivity contribution in [3.8, 4) is 0 Å². The normalized spacial score (nSPS) is 26.6. The van der Waals surface area contributed by atoms with Gasteiger partial charge in [0.05, 0.1) is 6.26 Å². The molecule has 1 fully saturated rings. The van der Waals surface area contributed by atoms with Crippen LogP contribution in [0.15, 0.2) is 0 Å². The third-order valence-corrected chi connectivity index (χ3v) is 4.00. The molecule has 1 saturated heterocycles. The number of nitrogens with zero attached hydrogens (tertiary/aromatic N) is 1. The highest BCUT2D eigenvalue weighted by molar-refractivity contribution is 7.88. The maximum atomic E-state index is 11.4. The summed E-state index contributed by atoms with van der Waals surface area (Å²) in [5, 5.41) is 0. The summed E-state index contributed by atoms with van der Waals surface area (Å²) in [6, 6.07) is 0.226. The summed E-state index contributed by atoms with van der Waals surface area (Å²) in [6.07, 6.45) is 4.50. The van der Waals surface area contributed by atoms with E-state index in [2.05, 4.69) is 13.8 Å². The molecule has 78 valence electrons. The van der Waals surface area contributed by atoms with E-state index in [4.69, 9.17) is 0 Å². The molecule has 0 aliphatic carbocycles. The van der Waals surface area contributed by atoms with Crippen LogP contribution in [-0.4, -0.2) is 31.6 Å². The van der Waals surface area contributed by atoms with Crippen LogP contribution in [-0.2, 0) is 10.0 Å². The summed E-state index contributed by atoms with van der Waals surface area (Å²) >= 11 is 0. The van der Waals surface area contributed by atoms with Gasteiger partial charge in [0.2, 0.25) is 10.0 Å². The lowest BCUT2D eigenvalue weighted by molar-refractivity contribution is 0.204. The lowest BCUT2D eigenvalue weighted by Crippen LogP contribution is -2.45. The van der Waals surface area contributed by atoms with Crippen molar-refractivity contribution in [2.24, 2.45) is 5.92 Å². The van der Waals surface area contributed by atoms with Gasteiger partial charge in [0.15, 0.2) is 0 Å². The molecule has 0 aromatic heterocycles. The fraction of sp³-hybridized carbons (Fsp3) is 1.00. The molecule has 0 unspecified atom stereocenters. The van der Waals surface area contributed by atoms with Crippen LogP contribution in [0.4, 0.5) is 0 Å². The van der Waals surface area contributed by atoms with E-state index in [1.54, 1.807) is 4.31 Å². The number of sulfonamides is 1. The molecule has 1 aliphatic rings. The zero-order valence-electron chi connectivity index (χ0n) is 8.66. The smallest absolute Gasteiger partial charge is 0.211 e. The molecule has 0 aromatic carbocycles. The minimum absolute atomic E-state index is 0.226. The maximum absolute atomic E-state index is 11.4. The van der Waals surface area contributed by atoms with E-state index in [9.17, 15) is 8.42 Å². The monoisotopic (exact) mass is 205 g/mol. The molecule has 0 N–H and O–H groups in total. The Morgan fingerprint density at radius 1 is 1.31 bits per heavy atom. The fourth-order valence-corrected chi connectivity index (χ4v) is 3.31. The molecule has 3 nitrogen and oxygen atoms in total. The zero-order valence-corrected chi connectivity index (χ0v) is 9.47. The van der Waals surface area contributed by atoms with Crippen molar-refractivity contribution in [1.29, 1.82) is 0 Å². The Bertz CT molecular complexity index is 259. The summed E-state index contributed by atoms with van der Waals surface area (Å²) in [6.45, 7) is 4.89. The maximum Gasteiger partial charge on any atom is 0.211 e. The minimum Gasteiger partial charge on any atom is -0.212 e. The lowest BCUT2D eigenvalue weighted by Gasteiger charge is -2.36. The summed E-state index contributed by atoms with van der Waals surface area (Å²) in [7, 11) is -2.99. The first-order valence-electron chi connectivity index (χ1n) is 4.89. The standard InChI is InChI=1S/C9H19NO2S/c1-8(2)9-6-4-5-7-10(9)13(3,11)12/h8-9H,4-7H2,1-3H3/t9-/m1/s1. The summed E-state index contributed by atoms with van der Waals surface area (Å²) in [4.78, 5) is 0. The van der Waals surface area contributed by atoms with E-state index in [0.717, 1.165) is 19.3 Å². The second-order valence-electron chi connectivity index (χ2n) is 4.18. The third-order valence-electron chi connectivity index (χ3n) is 2.69. The topological polar surface area (TPSA) is 37.4 Å². The SMILES string of the molecule is CC(C)[C@H]1CCCCN1S(C)(=O)=O. The van der Waals surface area contributed by atoms with Gasteiger partial charge in [-0.25, -0.2) is 8.42 Å². The largest absolute Gasteiger partial charge is 0.212 e. The van der Waals surface area contributed by atoms with Crippen LogP contribution in [0.25, 0.3) is 0 Å². The van der Waals surface area contributed by atoms with Gasteiger partial charge in [-0.1, -0.05) is 20.3 Å². The second-order valence-corrected chi connectivity index (χ2v) is 6.12. The molecule has 1 aliphatic heterocycles. The molecule has 1 rings (SSSR count). The Balaban J connectivity index is 2.80. The van der Waals surface area contributed by atoms with Gasteiger partial charge in [0.1, 0.15) is 0 Å². The van der Waals surface area contributed by atoms with Crippen molar-refractivity contribution < 1.29 is 8.42 Å². The van der Waals surface area contributed by atoms with E-state index in [0.29, 0.717) is 12.5 Å². The predicted molar refractivity (Wildman–Crippen MR) is 54.0 cm³/mol. The summed E-state index contributed by atoms with van der Waals surface area (Å²) in [5.41, 5.74) is 0. The molecule has 1 heterocycles. The number of rotatable bonds is 2. The predicted octanol–water partition coefficient (Wildman–Crippen LogP) is 1.46. The summed E-state index contributed by atoms with van der Waals surface area (Å²) < 4.78 is 24.5. The first-order valence-corrected chi connectivity index (χ1v) is 6.74. The van der Waals surface area contributed by atoms with Crippen LogP contribution in [0.5, 0.6) is 0 Å². The zero-order chi connectivity index (χ0) is 10.1. The highest BCUT2D eigenvalue weighted by atomic mass is 32.2. The van der Waals surface area contributed by atoms with Crippen molar-refractivity contribution >= 4 is 10.0 Å². The van der Waals surface area contributed by atoms with Gasteiger partial charge in [-0.3, -0.25) is 0 Å². The molecular weight excluding hydrogens is 186 g/mol. The van der Waals surface area contributed by atoms with Crippen molar-refractivity contribution in [1.82, 2.24) is 4.31 Å². The van der Waals surface area contributed by atoms with E-state index < -0.39 is 10.0 Å². The molecule has 0 amide bonds.